The number of amides is 2. The molecule has 8 heteroatoms. The predicted octanol–water partition coefficient (Wildman–Crippen LogP) is 5.31. The molecular weight excluding hydrogens is 399 g/mol. The van der Waals surface area contributed by atoms with Gasteiger partial charge in [0.25, 0.3) is 11.8 Å². The normalized spacial score (nSPS) is 13.4. The smallest absolute Gasteiger partial charge is 0.416 e. The Balaban J connectivity index is 1.80. The average molecular weight is 413 g/mol. The molecule has 1 heterocycles. The van der Waals surface area contributed by atoms with Crippen molar-refractivity contribution in [2.75, 3.05) is 12.0 Å². The zero-order valence-electron chi connectivity index (χ0n) is 15.6. The maximum absolute atomic E-state index is 13.3. The average Bonchev–Trinajstić information content (AvgIpc) is 2.99. The SMILES string of the molecule is COc1ccc(Oc2ccc(C(F)(F)F)cc2N2C(=O)c3ccccc3C2=O)cc1. The van der Waals surface area contributed by atoms with Crippen molar-refractivity contribution in [1.82, 2.24) is 0 Å². The molecule has 0 aliphatic carbocycles. The van der Waals surface area contributed by atoms with Crippen molar-refractivity contribution in [2.24, 2.45) is 0 Å². The van der Waals surface area contributed by atoms with Crippen LogP contribution in [0.2, 0.25) is 0 Å². The number of imide groups is 1. The van der Waals surface area contributed by atoms with Crippen LogP contribution in [0.3, 0.4) is 0 Å². The van der Waals surface area contributed by atoms with Crippen LogP contribution in [-0.4, -0.2) is 18.9 Å². The number of fused-ring (bicyclic) bond motifs is 1. The number of hydrogen-bond acceptors (Lipinski definition) is 4. The molecule has 30 heavy (non-hydrogen) atoms. The molecule has 0 saturated carbocycles. The zero-order chi connectivity index (χ0) is 21.5. The van der Waals surface area contributed by atoms with Crippen molar-refractivity contribution in [2.45, 2.75) is 6.18 Å². The van der Waals surface area contributed by atoms with E-state index in [1.54, 1.807) is 36.4 Å². The molecule has 0 aromatic heterocycles. The summed E-state index contributed by atoms with van der Waals surface area (Å²) < 4.78 is 50.7. The maximum atomic E-state index is 13.3. The quantitative estimate of drug-likeness (QED) is 0.544. The van der Waals surface area contributed by atoms with Crippen molar-refractivity contribution >= 4 is 17.5 Å². The monoisotopic (exact) mass is 413 g/mol. The third-order valence-corrected chi connectivity index (χ3v) is 4.61. The highest BCUT2D eigenvalue weighted by atomic mass is 19.4. The molecule has 4 rings (SSSR count). The fourth-order valence-corrected chi connectivity index (χ4v) is 3.13. The summed E-state index contributed by atoms with van der Waals surface area (Å²) in [6.45, 7) is 0. The van der Waals surface area contributed by atoms with Crippen molar-refractivity contribution in [1.29, 1.82) is 0 Å². The molecule has 0 saturated heterocycles. The lowest BCUT2D eigenvalue weighted by molar-refractivity contribution is -0.137. The Morgan fingerprint density at radius 1 is 0.800 bits per heavy atom. The number of benzene rings is 3. The molecule has 0 N–H and O–H groups in total. The van der Waals surface area contributed by atoms with Crippen molar-refractivity contribution < 1.29 is 32.2 Å². The van der Waals surface area contributed by atoms with Crippen LogP contribution in [0.4, 0.5) is 18.9 Å². The van der Waals surface area contributed by atoms with Gasteiger partial charge in [0.05, 0.1) is 29.5 Å². The van der Waals surface area contributed by atoms with Gasteiger partial charge in [0.2, 0.25) is 0 Å². The lowest BCUT2D eigenvalue weighted by atomic mass is 10.1. The van der Waals surface area contributed by atoms with Crippen LogP contribution in [0, 0.1) is 0 Å². The van der Waals surface area contributed by atoms with E-state index in [4.69, 9.17) is 9.47 Å². The van der Waals surface area contributed by atoms with Crippen LogP contribution in [0.1, 0.15) is 26.3 Å². The molecule has 0 spiro atoms. The minimum atomic E-state index is -4.66. The number of alkyl halides is 3. The lowest BCUT2D eigenvalue weighted by Crippen LogP contribution is -2.30. The maximum Gasteiger partial charge on any atom is 0.416 e. The molecule has 152 valence electrons. The van der Waals surface area contributed by atoms with Gasteiger partial charge in [-0.2, -0.15) is 13.2 Å². The first-order valence-electron chi connectivity index (χ1n) is 8.80. The third kappa shape index (κ3) is 3.36. The molecule has 1 aliphatic rings. The number of halogens is 3. The van der Waals surface area contributed by atoms with E-state index in [-0.39, 0.29) is 22.6 Å². The van der Waals surface area contributed by atoms with Gasteiger partial charge in [0.1, 0.15) is 11.5 Å². The summed E-state index contributed by atoms with van der Waals surface area (Å²) in [5.74, 6) is -0.629. The van der Waals surface area contributed by atoms with Gasteiger partial charge in [-0.15, -0.1) is 0 Å². The highest BCUT2D eigenvalue weighted by Gasteiger charge is 2.40. The van der Waals surface area contributed by atoms with Crippen LogP contribution in [0.5, 0.6) is 17.2 Å². The fraction of sp³-hybridized carbons (Fsp3) is 0.0909. The molecule has 0 unspecified atom stereocenters. The number of carbonyl (C=O) groups is 2. The first-order chi connectivity index (χ1) is 14.3. The molecule has 1 aliphatic heterocycles. The second kappa shape index (κ2) is 7.22. The van der Waals surface area contributed by atoms with Crippen molar-refractivity contribution in [3.8, 4) is 17.2 Å². The fourth-order valence-electron chi connectivity index (χ4n) is 3.13. The van der Waals surface area contributed by atoms with E-state index in [1.165, 1.54) is 19.2 Å². The summed E-state index contributed by atoms with van der Waals surface area (Å²) in [6.07, 6.45) is -4.66. The van der Waals surface area contributed by atoms with Crippen LogP contribution in [-0.2, 0) is 6.18 Å². The van der Waals surface area contributed by atoms with E-state index in [0.29, 0.717) is 16.4 Å². The van der Waals surface area contributed by atoms with Gasteiger partial charge in [0.15, 0.2) is 5.75 Å². The van der Waals surface area contributed by atoms with E-state index in [2.05, 4.69) is 0 Å². The Morgan fingerprint density at radius 3 is 1.90 bits per heavy atom. The third-order valence-electron chi connectivity index (χ3n) is 4.61. The molecule has 0 fully saturated rings. The number of ether oxygens (including phenoxy) is 2. The number of anilines is 1. The molecule has 2 amide bonds. The minimum absolute atomic E-state index is 0.0670. The van der Waals surface area contributed by atoms with E-state index in [9.17, 15) is 22.8 Å². The standard InChI is InChI=1S/C22H14F3NO4/c1-29-14-7-9-15(10-8-14)30-19-11-6-13(22(23,24)25)12-18(19)26-20(27)16-4-2-3-5-17(16)21(26)28/h2-12H,1H3. The molecule has 0 radical (unpaired) electrons. The molecular formula is C22H14F3NO4. The Morgan fingerprint density at radius 2 is 1.37 bits per heavy atom. The van der Waals surface area contributed by atoms with Gasteiger partial charge in [0, 0.05) is 0 Å². The Hall–Kier alpha value is -3.81. The lowest BCUT2D eigenvalue weighted by Gasteiger charge is -2.20. The summed E-state index contributed by atoms with van der Waals surface area (Å²) in [5.41, 5.74) is -1.05. The van der Waals surface area contributed by atoms with Crippen LogP contribution in [0.25, 0.3) is 0 Å². The highest BCUT2D eigenvalue weighted by Crippen LogP contribution is 2.41. The molecule has 3 aromatic rings. The summed E-state index contributed by atoms with van der Waals surface area (Å²) >= 11 is 0. The van der Waals surface area contributed by atoms with Crippen LogP contribution in [0.15, 0.2) is 66.7 Å². The number of rotatable bonds is 4. The van der Waals surface area contributed by atoms with Gasteiger partial charge in [-0.1, -0.05) is 12.1 Å². The van der Waals surface area contributed by atoms with Gasteiger partial charge in [-0.05, 0) is 54.6 Å². The summed E-state index contributed by atoms with van der Waals surface area (Å²) in [7, 11) is 1.49. The topological polar surface area (TPSA) is 55.8 Å². The Kier molecular flexibility index (Phi) is 4.69. The van der Waals surface area contributed by atoms with Crippen LogP contribution >= 0.6 is 0 Å². The first-order valence-corrected chi connectivity index (χ1v) is 8.80. The van der Waals surface area contributed by atoms with Crippen molar-refractivity contribution in [3.63, 3.8) is 0 Å². The van der Waals surface area contributed by atoms with E-state index in [1.807, 2.05) is 0 Å². The van der Waals surface area contributed by atoms with Gasteiger partial charge in [-0.25, -0.2) is 4.90 Å². The van der Waals surface area contributed by atoms with E-state index < -0.39 is 23.6 Å². The van der Waals surface area contributed by atoms with E-state index in [0.717, 1.165) is 18.2 Å². The highest BCUT2D eigenvalue weighted by molar-refractivity contribution is 6.34. The second-order valence-corrected chi connectivity index (χ2v) is 6.45. The largest absolute Gasteiger partial charge is 0.497 e. The van der Waals surface area contributed by atoms with Gasteiger partial charge >= 0.3 is 6.18 Å². The molecule has 5 nitrogen and oxygen atoms in total. The number of methoxy groups -OCH3 is 1. The summed E-state index contributed by atoms with van der Waals surface area (Å²) in [5, 5.41) is 0. The van der Waals surface area contributed by atoms with Gasteiger partial charge in [-0.3, -0.25) is 9.59 Å². The molecule has 0 atom stereocenters. The Labute approximate surface area is 169 Å². The number of carbonyl (C=O) groups excluding carboxylic acids is 2. The Bertz CT molecular complexity index is 1100. The summed E-state index contributed by atoms with van der Waals surface area (Å²) in [4.78, 5) is 26.3. The van der Waals surface area contributed by atoms with E-state index >= 15 is 0 Å². The molecule has 3 aromatic carbocycles. The molecule has 0 bridgehead atoms. The first kappa shape index (κ1) is 19.5. The number of hydrogen-bond donors (Lipinski definition) is 0. The second-order valence-electron chi connectivity index (χ2n) is 6.45. The predicted molar refractivity (Wildman–Crippen MR) is 102 cm³/mol. The van der Waals surface area contributed by atoms with Gasteiger partial charge < -0.3 is 9.47 Å². The number of nitrogens with zero attached hydrogens (tertiary/aromatic N) is 1. The van der Waals surface area contributed by atoms with Crippen LogP contribution < -0.4 is 14.4 Å². The zero-order valence-corrected chi connectivity index (χ0v) is 15.6. The minimum Gasteiger partial charge on any atom is -0.497 e. The van der Waals surface area contributed by atoms with Crippen molar-refractivity contribution in [3.05, 3.63) is 83.4 Å². The summed E-state index contributed by atoms with van der Waals surface area (Å²) in [6, 6.07) is 15.1.